The number of thioether (sulfide) groups is 1. The van der Waals surface area contributed by atoms with Gasteiger partial charge in [-0.15, -0.1) is 4.99 Å². The number of nitrogens with zero attached hydrogens (tertiary/aromatic N) is 3. The second-order valence-electron chi connectivity index (χ2n) is 2.28. The van der Waals surface area contributed by atoms with E-state index in [1.807, 2.05) is 14.1 Å². The average molecular weight is 203 g/mol. The molecule has 74 valence electrons. The summed E-state index contributed by atoms with van der Waals surface area (Å²) < 4.78 is 4.36. The lowest BCUT2D eigenvalue weighted by Crippen LogP contribution is -2.09. The molecular formula is C7H13N3O2S. The molecule has 1 amide bonds. The largest absolute Gasteiger partial charge is 0.451 e. The van der Waals surface area contributed by atoms with Gasteiger partial charge in [0.05, 0.1) is 13.4 Å². The summed E-state index contributed by atoms with van der Waals surface area (Å²) in [5.41, 5.74) is 0. The molecule has 0 atom stereocenters. The zero-order valence-corrected chi connectivity index (χ0v) is 8.96. The van der Waals surface area contributed by atoms with E-state index >= 15 is 0 Å². The Balaban J connectivity index is 4.33. The number of hydrogen-bond acceptors (Lipinski definition) is 3. The molecule has 5 nitrogen and oxygen atoms in total. The number of aliphatic imine (C=N–C) groups is 2. The molecule has 0 bridgehead atoms. The monoisotopic (exact) mass is 203 g/mol. The van der Waals surface area contributed by atoms with E-state index in [1.165, 1.54) is 18.9 Å². The van der Waals surface area contributed by atoms with Crippen molar-refractivity contribution in [2.24, 2.45) is 9.98 Å². The quantitative estimate of drug-likeness (QED) is 0.472. The highest BCUT2D eigenvalue weighted by Gasteiger charge is 1.99. The maximum atomic E-state index is 10.7. The number of amides is 1. The molecule has 0 radical (unpaired) electrons. The Morgan fingerprint density at radius 3 is 2.54 bits per heavy atom. The predicted molar refractivity (Wildman–Crippen MR) is 55.5 cm³/mol. The summed E-state index contributed by atoms with van der Waals surface area (Å²) in [5, 5.41) is 0.376. The van der Waals surface area contributed by atoms with E-state index < -0.39 is 6.09 Å². The van der Waals surface area contributed by atoms with Crippen molar-refractivity contribution >= 4 is 29.4 Å². The van der Waals surface area contributed by atoms with Crippen molar-refractivity contribution in [2.75, 3.05) is 27.5 Å². The molecule has 0 heterocycles. The zero-order chi connectivity index (χ0) is 10.3. The highest BCUT2D eigenvalue weighted by molar-refractivity contribution is 8.13. The molecule has 0 aromatic rings. The van der Waals surface area contributed by atoms with Crippen LogP contribution in [0.15, 0.2) is 9.98 Å². The molecule has 0 aliphatic rings. The van der Waals surface area contributed by atoms with Gasteiger partial charge < -0.3 is 9.64 Å². The number of hydrogen-bond donors (Lipinski definition) is 0. The van der Waals surface area contributed by atoms with Gasteiger partial charge in [-0.1, -0.05) is 11.8 Å². The van der Waals surface area contributed by atoms with Crippen molar-refractivity contribution in [3.05, 3.63) is 0 Å². The minimum Gasteiger partial charge on any atom is -0.451 e. The first-order chi connectivity index (χ1) is 6.10. The molecule has 0 aromatic heterocycles. The van der Waals surface area contributed by atoms with E-state index in [2.05, 4.69) is 14.7 Å². The van der Waals surface area contributed by atoms with E-state index in [4.69, 9.17) is 0 Å². The lowest BCUT2D eigenvalue weighted by Gasteiger charge is -2.02. The van der Waals surface area contributed by atoms with E-state index in [0.717, 1.165) is 0 Å². The van der Waals surface area contributed by atoms with Gasteiger partial charge in [0.1, 0.15) is 0 Å². The molecule has 0 N–H and O–H groups in total. The summed E-state index contributed by atoms with van der Waals surface area (Å²) >= 11 is 1.28. The Morgan fingerprint density at radius 1 is 1.54 bits per heavy atom. The molecule has 0 saturated carbocycles. The minimum absolute atomic E-state index is 0.376. The van der Waals surface area contributed by atoms with Crippen molar-refractivity contribution in [1.29, 1.82) is 0 Å². The van der Waals surface area contributed by atoms with Crippen LogP contribution in [0.5, 0.6) is 0 Å². The predicted octanol–water partition coefficient (Wildman–Crippen LogP) is 1.06. The number of carbonyl (C=O) groups excluding carboxylic acids is 1. The Morgan fingerprint density at radius 2 is 2.15 bits per heavy atom. The van der Waals surface area contributed by atoms with Gasteiger partial charge >= 0.3 is 6.09 Å². The molecule has 6 heteroatoms. The summed E-state index contributed by atoms with van der Waals surface area (Å²) in [5.74, 6) is 0. The fraction of sp³-hybridized carbons (Fsp3) is 0.571. The third-order valence-corrected chi connectivity index (χ3v) is 1.51. The highest BCUT2D eigenvalue weighted by Crippen LogP contribution is 2.00. The summed E-state index contributed by atoms with van der Waals surface area (Å²) in [6.45, 7) is 0. The van der Waals surface area contributed by atoms with Crippen LogP contribution in [0.1, 0.15) is 0 Å². The molecule has 0 saturated heterocycles. The normalized spacial score (nSPS) is 11.8. The van der Waals surface area contributed by atoms with Crippen LogP contribution >= 0.6 is 11.8 Å². The summed E-state index contributed by atoms with van der Waals surface area (Å²) in [7, 11) is 4.94. The smallest absolute Gasteiger partial charge is 0.435 e. The summed E-state index contributed by atoms with van der Waals surface area (Å²) in [6.07, 6.45) is 2.72. The van der Waals surface area contributed by atoms with Crippen LogP contribution < -0.4 is 0 Å². The molecule has 0 aliphatic heterocycles. The zero-order valence-electron chi connectivity index (χ0n) is 8.14. The fourth-order valence-electron chi connectivity index (χ4n) is 0.416. The fourth-order valence-corrected chi connectivity index (χ4v) is 0.734. The number of methoxy groups -OCH3 is 1. The second kappa shape index (κ2) is 6.47. The van der Waals surface area contributed by atoms with Gasteiger partial charge in [-0.2, -0.15) is 0 Å². The van der Waals surface area contributed by atoms with Gasteiger partial charge in [0.15, 0.2) is 5.17 Å². The lowest BCUT2D eigenvalue weighted by atomic mass is 10.9. The van der Waals surface area contributed by atoms with Crippen LogP contribution in [0.2, 0.25) is 0 Å². The molecule has 0 unspecified atom stereocenters. The highest BCUT2D eigenvalue weighted by atomic mass is 32.2. The van der Waals surface area contributed by atoms with Gasteiger partial charge in [0.2, 0.25) is 0 Å². The van der Waals surface area contributed by atoms with Crippen LogP contribution in [0.4, 0.5) is 4.79 Å². The third kappa shape index (κ3) is 6.15. The van der Waals surface area contributed by atoms with E-state index in [1.54, 1.807) is 17.5 Å². The first-order valence-electron chi connectivity index (χ1n) is 3.51. The Bertz CT molecular complexity index is 226. The van der Waals surface area contributed by atoms with Gasteiger partial charge in [0, 0.05) is 14.1 Å². The maximum Gasteiger partial charge on any atom is 0.435 e. The van der Waals surface area contributed by atoms with Crippen molar-refractivity contribution in [1.82, 2.24) is 4.90 Å². The van der Waals surface area contributed by atoms with E-state index in [0.29, 0.717) is 5.17 Å². The number of carbonyl (C=O) groups is 1. The Hall–Kier alpha value is -1.04. The standard InChI is InChI=1S/C7H13N3O2S/c1-10(2)5-8-6(13-4)9-7(11)12-3/h5H,1-4H3/b8-5+,9-6-. The summed E-state index contributed by atoms with van der Waals surface area (Å²) in [6, 6.07) is 0. The van der Waals surface area contributed by atoms with Gasteiger partial charge in [-0.25, -0.2) is 9.79 Å². The molecule has 0 rings (SSSR count). The molecule has 0 aromatic carbocycles. The van der Waals surface area contributed by atoms with E-state index in [9.17, 15) is 4.79 Å². The van der Waals surface area contributed by atoms with Crippen molar-refractivity contribution in [3.8, 4) is 0 Å². The van der Waals surface area contributed by atoms with Crippen LogP contribution in [0.3, 0.4) is 0 Å². The van der Waals surface area contributed by atoms with Crippen LogP contribution in [-0.4, -0.2) is 50.0 Å². The molecule has 0 fully saturated rings. The topological polar surface area (TPSA) is 54.3 Å². The van der Waals surface area contributed by atoms with Crippen LogP contribution in [0, 0.1) is 0 Å². The second-order valence-corrected chi connectivity index (χ2v) is 3.05. The number of amidine groups is 1. The maximum absolute atomic E-state index is 10.7. The van der Waals surface area contributed by atoms with Crippen molar-refractivity contribution in [2.45, 2.75) is 0 Å². The van der Waals surface area contributed by atoms with Gasteiger partial charge in [-0.05, 0) is 6.26 Å². The van der Waals surface area contributed by atoms with Gasteiger partial charge in [-0.3, -0.25) is 0 Å². The van der Waals surface area contributed by atoms with Crippen LogP contribution in [0.25, 0.3) is 0 Å². The van der Waals surface area contributed by atoms with Crippen molar-refractivity contribution < 1.29 is 9.53 Å². The molecular weight excluding hydrogens is 190 g/mol. The molecule has 0 aliphatic carbocycles. The minimum atomic E-state index is -0.639. The van der Waals surface area contributed by atoms with Crippen molar-refractivity contribution in [3.63, 3.8) is 0 Å². The lowest BCUT2D eigenvalue weighted by molar-refractivity contribution is 0.182. The number of rotatable bonds is 1. The SMILES string of the molecule is COC(=O)/N=C(/N=C/N(C)C)SC. The first kappa shape index (κ1) is 12.0. The third-order valence-electron chi connectivity index (χ3n) is 0.943. The Labute approximate surface area is 81.9 Å². The van der Waals surface area contributed by atoms with Gasteiger partial charge in [0.25, 0.3) is 0 Å². The molecule has 13 heavy (non-hydrogen) atoms. The number of ether oxygens (including phenoxy) is 1. The van der Waals surface area contributed by atoms with E-state index in [-0.39, 0.29) is 0 Å². The summed E-state index contributed by atoms with van der Waals surface area (Å²) in [4.78, 5) is 20.0. The molecule has 0 spiro atoms. The Kier molecular flexibility index (Phi) is 5.96. The van der Waals surface area contributed by atoms with Crippen LogP contribution in [-0.2, 0) is 4.74 Å². The average Bonchev–Trinajstić information content (AvgIpc) is 2.11. The first-order valence-corrected chi connectivity index (χ1v) is 4.74.